The van der Waals surface area contributed by atoms with Crippen LogP contribution in [0.2, 0.25) is 0 Å². The highest BCUT2D eigenvalue weighted by atomic mass is 31.2. The Hall–Kier alpha value is -3.33. The molecule has 0 fully saturated rings. The number of esters is 1. The predicted molar refractivity (Wildman–Crippen MR) is 381 cm³/mol. The summed E-state index contributed by atoms with van der Waals surface area (Å²) in [5, 5.41) is 3.04. The molecule has 0 aliphatic heterocycles. The number of ether oxygens (including phenoxy) is 1. The van der Waals surface area contributed by atoms with Crippen LogP contribution < -0.4 is 10.2 Å². The Labute approximate surface area is 544 Å². The van der Waals surface area contributed by atoms with Crippen LogP contribution in [0.15, 0.2) is 109 Å². The fraction of sp³-hybridized carbons (Fsp3) is 0.744. The highest BCUT2D eigenvalue weighted by Gasteiger charge is 2.27. The number of carbonyl (C=O) groups is 2. The molecule has 0 saturated heterocycles. The minimum absolute atomic E-state index is 0.0292. The van der Waals surface area contributed by atoms with E-state index in [2.05, 4.69) is 123 Å². The second-order valence-electron chi connectivity index (χ2n) is 25.7. The molecule has 3 atom stereocenters. The summed E-state index contributed by atoms with van der Waals surface area (Å²) in [4.78, 5) is 40.2. The SMILES string of the molecule is CCCCC/C=C\C/C=C\C/C=C\C/C=C\CCCCCCCCCCCC(=O)NC(COP(=O)([O-])OCC[N+](C)(C)C)C(/C=C/CCCCCCCCCCCC)OC(=O)CCCCCCCCCCC/C=C\C/C=C\C/C=C\C/C=C\CCCCC. The van der Waals surface area contributed by atoms with Crippen LogP contribution in [0.3, 0.4) is 0 Å². The molecule has 0 heterocycles. The first-order valence-corrected chi connectivity index (χ1v) is 38.2. The number of carbonyl (C=O) groups excluding carboxylic acids is 2. The molecular formula is C78H139N2O7P. The standard InChI is InChI=1S/C78H139N2O7P/c1-7-10-13-16-19-22-25-28-30-32-34-36-38-40-42-44-46-48-50-52-55-58-61-64-67-70-77(81)79-75(74-86-88(83,84)85-73-72-80(4,5)6)76(69-66-63-60-57-54-27-24-21-18-15-12-9-3)87-78(82)71-68-65-62-59-56-53-51-49-47-45-43-41-39-37-35-33-31-29-26-23-20-17-14-11-8-2/h19-20,22-23,28-31,34-37,40-43,66,69,75-76H,7-18,21,24-27,32-33,38-39,44-65,67-68,70-74H2,1-6H3,(H-,79,81,83,84)/b22-19-,23-20-,30-28-,31-29-,36-34-,37-35-,42-40-,43-41-,69-66+. The van der Waals surface area contributed by atoms with Crippen molar-refractivity contribution in [2.24, 2.45) is 0 Å². The zero-order valence-corrected chi connectivity index (χ0v) is 59.0. The van der Waals surface area contributed by atoms with Crippen molar-refractivity contribution < 1.29 is 37.3 Å². The van der Waals surface area contributed by atoms with Crippen molar-refractivity contribution >= 4 is 19.7 Å². The monoisotopic (exact) mass is 1250 g/mol. The van der Waals surface area contributed by atoms with E-state index in [1.54, 1.807) is 0 Å². The molecule has 3 unspecified atom stereocenters. The number of rotatable bonds is 66. The van der Waals surface area contributed by atoms with Crippen molar-refractivity contribution in [1.82, 2.24) is 5.32 Å². The molecule has 0 radical (unpaired) electrons. The Kier molecular flexibility index (Phi) is 64.1. The van der Waals surface area contributed by atoms with E-state index in [4.69, 9.17) is 13.8 Å². The van der Waals surface area contributed by atoms with E-state index >= 15 is 0 Å². The van der Waals surface area contributed by atoms with Crippen LogP contribution in [-0.2, 0) is 27.9 Å². The third kappa shape index (κ3) is 67.1. The number of allylic oxidation sites excluding steroid dienone is 17. The van der Waals surface area contributed by atoms with Gasteiger partial charge in [-0.15, -0.1) is 0 Å². The Morgan fingerprint density at radius 2 is 0.693 bits per heavy atom. The number of quaternary nitrogens is 1. The van der Waals surface area contributed by atoms with Gasteiger partial charge < -0.3 is 28.5 Å². The van der Waals surface area contributed by atoms with Crippen molar-refractivity contribution in [3.05, 3.63) is 109 Å². The van der Waals surface area contributed by atoms with E-state index in [9.17, 15) is 19.0 Å². The Morgan fingerprint density at radius 3 is 1.06 bits per heavy atom. The molecular weight excluding hydrogens is 1110 g/mol. The lowest BCUT2D eigenvalue weighted by Crippen LogP contribution is -2.47. The van der Waals surface area contributed by atoms with Crippen molar-refractivity contribution in [3.63, 3.8) is 0 Å². The molecule has 0 aliphatic carbocycles. The smallest absolute Gasteiger partial charge is 0.306 e. The van der Waals surface area contributed by atoms with Crippen LogP contribution >= 0.6 is 7.82 Å². The maximum atomic E-state index is 13.6. The fourth-order valence-corrected chi connectivity index (χ4v) is 11.0. The van der Waals surface area contributed by atoms with Gasteiger partial charge in [0.15, 0.2) is 0 Å². The van der Waals surface area contributed by atoms with Gasteiger partial charge in [-0.1, -0.05) is 297 Å². The highest BCUT2D eigenvalue weighted by molar-refractivity contribution is 7.45. The molecule has 0 aromatic heterocycles. The number of nitrogens with zero attached hydrogens (tertiary/aromatic N) is 1. The van der Waals surface area contributed by atoms with Crippen LogP contribution in [0.25, 0.3) is 0 Å². The maximum Gasteiger partial charge on any atom is 0.306 e. The lowest BCUT2D eigenvalue weighted by Gasteiger charge is -2.30. The number of hydrogen-bond acceptors (Lipinski definition) is 7. The molecule has 0 aliphatic rings. The number of hydrogen-bond donors (Lipinski definition) is 1. The van der Waals surface area contributed by atoms with Crippen LogP contribution in [0.4, 0.5) is 0 Å². The van der Waals surface area contributed by atoms with E-state index in [0.29, 0.717) is 17.4 Å². The number of unbranched alkanes of at least 4 members (excludes halogenated alkanes) is 34. The zero-order chi connectivity index (χ0) is 64.2. The molecule has 88 heavy (non-hydrogen) atoms. The summed E-state index contributed by atoms with van der Waals surface area (Å²) < 4.78 is 30.5. The lowest BCUT2D eigenvalue weighted by molar-refractivity contribution is -0.870. The van der Waals surface area contributed by atoms with E-state index in [1.807, 2.05) is 33.3 Å². The van der Waals surface area contributed by atoms with Crippen LogP contribution in [0.1, 0.15) is 323 Å². The lowest BCUT2D eigenvalue weighted by atomic mass is 10.0. The fourth-order valence-electron chi connectivity index (χ4n) is 10.3. The van der Waals surface area contributed by atoms with Crippen molar-refractivity contribution in [2.45, 2.75) is 335 Å². The second-order valence-corrected chi connectivity index (χ2v) is 27.1. The molecule has 0 bridgehead atoms. The Morgan fingerprint density at radius 1 is 0.398 bits per heavy atom. The number of phosphoric ester groups is 1. The van der Waals surface area contributed by atoms with Gasteiger partial charge in [0.1, 0.15) is 19.3 Å². The minimum atomic E-state index is -4.72. The molecule has 508 valence electrons. The third-order valence-corrected chi connectivity index (χ3v) is 16.9. The van der Waals surface area contributed by atoms with Crippen LogP contribution in [-0.4, -0.2) is 69.4 Å². The Balaban J connectivity index is 5.08. The number of amides is 1. The molecule has 0 rings (SSSR count). The molecule has 9 nitrogen and oxygen atoms in total. The number of likely N-dealkylation sites (N-methyl/N-ethyl adjacent to an activating group) is 1. The summed E-state index contributed by atoms with van der Waals surface area (Å²) >= 11 is 0. The summed E-state index contributed by atoms with van der Waals surface area (Å²) in [6.45, 7) is 6.80. The summed E-state index contributed by atoms with van der Waals surface area (Å²) in [5.41, 5.74) is 0. The van der Waals surface area contributed by atoms with Gasteiger partial charge >= 0.3 is 5.97 Å². The topological polar surface area (TPSA) is 114 Å². The summed E-state index contributed by atoms with van der Waals surface area (Å²) in [7, 11) is 1.17. The first-order chi connectivity index (χ1) is 42.9. The summed E-state index contributed by atoms with van der Waals surface area (Å²) in [6.07, 6.45) is 92.0. The van der Waals surface area contributed by atoms with Gasteiger partial charge in [-0.05, 0) is 122 Å². The molecule has 10 heteroatoms. The predicted octanol–water partition coefficient (Wildman–Crippen LogP) is 23.0. The second kappa shape index (κ2) is 66.6. The van der Waals surface area contributed by atoms with Crippen molar-refractivity contribution in [3.8, 4) is 0 Å². The normalized spacial score (nSPS) is 14.1. The van der Waals surface area contributed by atoms with Gasteiger partial charge in [0.05, 0.1) is 33.8 Å². The first-order valence-electron chi connectivity index (χ1n) is 36.7. The molecule has 0 spiro atoms. The number of phosphoric acid groups is 1. The average molecular weight is 1250 g/mol. The van der Waals surface area contributed by atoms with Gasteiger partial charge in [-0.3, -0.25) is 14.2 Å². The first kappa shape index (κ1) is 84.7. The molecule has 1 amide bonds. The summed E-state index contributed by atoms with van der Waals surface area (Å²) in [5.74, 6) is -0.553. The maximum absolute atomic E-state index is 13.6. The Bertz CT molecular complexity index is 1870. The van der Waals surface area contributed by atoms with E-state index in [0.717, 1.165) is 122 Å². The van der Waals surface area contributed by atoms with Gasteiger partial charge in [-0.2, -0.15) is 0 Å². The van der Waals surface area contributed by atoms with Crippen LogP contribution in [0, 0.1) is 0 Å². The summed E-state index contributed by atoms with van der Waals surface area (Å²) in [6, 6.07) is -0.902. The highest BCUT2D eigenvalue weighted by Crippen LogP contribution is 2.38. The average Bonchev–Trinajstić information content (AvgIpc) is 3.71. The van der Waals surface area contributed by atoms with E-state index in [-0.39, 0.29) is 24.9 Å². The number of nitrogens with one attached hydrogen (secondary N) is 1. The molecule has 0 aromatic carbocycles. The van der Waals surface area contributed by atoms with Gasteiger partial charge in [0.25, 0.3) is 7.82 Å². The van der Waals surface area contributed by atoms with Crippen molar-refractivity contribution in [2.75, 3.05) is 40.9 Å². The molecule has 1 N–H and O–H groups in total. The van der Waals surface area contributed by atoms with E-state index < -0.39 is 26.6 Å². The quantitative estimate of drug-likeness (QED) is 0.0212. The van der Waals surface area contributed by atoms with Crippen molar-refractivity contribution in [1.29, 1.82) is 0 Å². The minimum Gasteiger partial charge on any atom is -0.756 e. The zero-order valence-electron chi connectivity index (χ0n) is 58.2. The van der Waals surface area contributed by atoms with Gasteiger partial charge in [-0.25, -0.2) is 0 Å². The largest absolute Gasteiger partial charge is 0.756 e. The molecule has 0 saturated carbocycles. The third-order valence-electron chi connectivity index (χ3n) is 15.9. The van der Waals surface area contributed by atoms with Gasteiger partial charge in [0.2, 0.25) is 5.91 Å². The molecule has 0 aromatic rings. The van der Waals surface area contributed by atoms with E-state index in [1.165, 1.54) is 167 Å². The van der Waals surface area contributed by atoms with Crippen LogP contribution in [0.5, 0.6) is 0 Å². The van der Waals surface area contributed by atoms with Gasteiger partial charge in [0, 0.05) is 12.8 Å².